The summed E-state index contributed by atoms with van der Waals surface area (Å²) in [4.78, 5) is 23.2. The second-order valence-electron chi connectivity index (χ2n) is 6.74. The van der Waals surface area contributed by atoms with Gasteiger partial charge in [0.05, 0.1) is 6.42 Å². The number of hydrogen-bond donors (Lipinski definition) is 3. The maximum Gasteiger partial charge on any atom is 0.303 e. The van der Waals surface area contributed by atoms with Gasteiger partial charge in [0, 0.05) is 19.0 Å². The molecule has 0 saturated heterocycles. The number of amides is 1. The summed E-state index contributed by atoms with van der Waals surface area (Å²) in [7, 11) is 0. The minimum atomic E-state index is -0.779. The quantitative estimate of drug-likeness (QED) is 0.569. The number of rotatable bonds is 9. The van der Waals surface area contributed by atoms with Crippen LogP contribution in [0.4, 0.5) is 0 Å². The summed E-state index contributed by atoms with van der Waals surface area (Å²) in [6.45, 7) is 1.63. The van der Waals surface area contributed by atoms with Gasteiger partial charge in [-0.3, -0.25) is 9.59 Å². The van der Waals surface area contributed by atoms with Crippen LogP contribution in [0.25, 0.3) is 0 Å². The third kappa shape index (κ3) is 6.04. The Bertz CT molecular complexity index is 361. The Morgan fingerprint density at radius 2 is 1.76 bits per heavy atom. The SMILES string of the molecule is O=C(O)CC1(CC(=O)NCCCNC2CC2)CCCCC1. The molecule has 0 aromatic carbocycles. The summed E-state index contributed by atoms with van der Waals surface area (Å²) in [6, 6.07) is 0.710. The normalized spacial score (nSPS) is 21.0. The third-order valence-corrected chi connectivity index (χ3v) is 4.66. The van der Waals surface area contributed by atoms with E-state index in [4.69, 9.17) is 5.11 Å². The van der Waals surface area contributed by atoms with E-state index in [1.165, 1.54) is 12.8 Å². The smallest absolute Gasteiger partial charge is 0.303 e. The topological polar surface area (TPSA) is 78.4 Å². The molecule has 21 heavy (non-hydrogen) atoms. The molecule has 0 aromatic heterocycles. The van der Waals surface area contributed by atoms with Crippen molar-refractivity contribution in [1.82, 2.24) is 10.6 Å². The molecular formula is C16H28N2O3. The van der Waals surface area contributed by atoms with Gasteiger partial charge in [0.25, 0.3) is 0 Å². The molecule has 2 rings (SSSR count). The Labute approximate surface area is 126 Å². The van der Waals surface area contributed by atoms with Gasteiger partial charge in [-0.1, -0.05) is 19.3 Å². The first kappa shape index (κ1) is 16.3. The average Bonchev–Trinajstić information content (AvgIpc) is 3.22. The van der Waals surface area contributed by atoms with Gasteiger partial charge in [-0.25, -0.2) is 0 Å². The van der Waals surface area contributed by atoms with Gasteiger partial charge >= 0.3 is 5.97 Å². The van der Waals surface area contributed by atoms with E-state index in [0.29, 0.717) is 19.0 Å². The highest BCUT2D eigenvalue weighted by atomic mass is 16.4. The van der Waals surface area contributed by atoms with Crippen molar-refractivity contribution >= 4 is 11.9 Å². The van der Waals surface area contributed by atoms with Crippen LogP contribution in [0.2, 0.25) is 0 Å². The molecule has 2 fully saturated rings. The fourth-order valence-corrected chi connectivity index (χ4v) is 3.35. The van der Waals surface area contributed by atoms with E-state index in [1.807, 2.05) is 0 Å². The lowest BCUT2D eigenvalue weighted by molar-refractivity contribution is -0.141. The van der Waals surface area contributed by atoms with Gasteiger partial charge in [-0.15, -0.1) is 0 Å². The van der Waals surface area contributed by atoms with Crippen LogP contribution >= 0.6 is 0 Å². The van der Waals surface area contributed by atoms with E-state index < -0.39 is 5.97 Å². The van der Waals surface area contributed by atoms with Crippen LogP contribution in [0.1, 0.15) is 64.2 Å². The highest BCUT2D eigenvalue weighted by molar-refractivity contribution is 5.78. The fraction of sp³-hybridized carbons (Fsp3) is 0.875. The predicted octanol–water partition coefficient (Wildman–Crippen LogP) is 2.06. The minimum absolute atomic E-state index is 0.0181. The van der Waals surface area contributed by atoms with Crippen molar-refractivity contribution in [2.45, 2.75) is 70.3 Å². The second-order valence-corrected chi connectivity index (χ2v) is 6.74. The molecule has 5 heteroatoms. The highest BCUT2D eigenvalue weighted by Gasteiger charge is 2.36. The number of carbonyl (C=O) groups excluding carboxylic acids is 1. The molecule has 0 aromatic rings. The van der Waals surface area contributed by atoms with E-state index in [0.717, 1.165) is 45.1 Å². The number of nitrogens with one attached hydrogen (secondary N) is 2. The summed E-state index contributed by atoms with van der Waals surface area (Å²) in [5, 5.41) is 15.5. The standard InChI is InChI=1S/C16H28N2O3/c19-14(18-10-4-9-17-13-5-6-13)11-16(12-15(20)21)7-2-1-3-8-16/h13,17H,1-12H2,(H,18,19)(H,20,21). The Kier molecular flexibility index (Phi) is 6.03. The largest absolute Gasteiger partial charge is 0.481 e. The van der Waals surface area contributed by atoms with E-state index in [2.05, 4.69) is 10.6 Å². The van der Waals surface area contributed by atoms with Crippen LogP contribution in [0.15, 0.2) is 0 Å². The van der Waals surface area contributed by atoms with Crippen molar-refractivity contribution in [3.63, 3.8) is 0 Å². The number of carboxylic acid groups (broad SMARTS) is 1. The Morgan fingerprint density at radius 1 is 1.05 bits per heavy atom. The van der Waals surface area contributed by atoms with E-state index in [9.17, 15) is 9.59 Å². The van der Waals surface area contributed by atoms with Gasteiger partial charge < -0.3 is 15.7 Å². The van der Waals surface area contributed by atoms with Crippen LogP contribution in [0.3, 0.4) is 0 Å². The van der Waals surface area contributed by atoms with E-state index in [-0.39, 0.29) is 17.7 Å². The molecule has 0 atom stereocenters. The zero-order chi connectivity index (χ0) is 15.1. The van der Waals surface area contributed by atoms with E-state index >= 15 is 0 Å². The molecule has 0 radical (unpaired) electrons. The van der Waals surface area contributed by atoms with Crippen LogP contribution in [-0.2, 0) is 9.59 Å². The van der Waals surface area contributed by atoms with Crippen LogP contribution in [0.5, 0.6) is 0 Å². The van der Waals surface area contributed by atoms with Gasteiger partial charge in [0.1, 0.15) is 0 Å². The summed E-state index contributed by atoms with van der Waals surface area (Å²) in [5.74, 6) is -0.761. The lowest BCUT2D eigenvalue weighted by Gasteiger charge is -2.35. The Balaban J connectivity index is 1.68. The molecule has 5 nitrogen and oxygen atoms in total. The zero-order valence-electron chi connectivity index (χ0n) is 12.8. The first-order valence-electron chi connectivity index (χ1n) is 8.32. The van der Waals surface area contributed by atoms with E-state index in [1.54, 1.807) is 0 Å². The molecule has 0 spiro atoms. The van der Waals surface area contributed by atoms with Gasteiger partial charge in [-0.05, 0) is 44.1 Å². The molecule has 0 heterocycles. The molecule has 1 amide bonds. The van der Waals surface area contributed by atoms with Crippen molar-refractivity contribution in [1.29, 1.82) is 0 Å². The molecule has 0 unspecified atom stereocenters. The monoisotopic (exact) mass is 296 g/mol. The lowest BCUT2D eigenvalue weighted by atomic mass is 9.69. The molecule has 2 saturated carbocycles. The third-order valence-electron chi connectivity index (χ3n) is 4.66. The predicted molar refractivity (Wildman–Crippen MR) is 81.0 cm³/mol. The summed E-state index contributed by atoms with van der Waals surface area (Å²) >= 11 is 0. The van der Waals surface area contributed by atoms with Crippen molar-refractivity contribution in [3.8, 4) is 0 Å². The Hall–Kier alpha value is -1.10. The second kappa shape index (κ2) is 7.78. The number of aliphatic carboxylic acids is 1. The molecule has 0 aliphatic heterocycles. The van der Waals surface area contributed by atoms with Gasteiger partial charge in [0.2, 0.25) is 5.91 Å². The maximum absolute atomic E-state index is 12.1. The van der Waals surface area contributed by atoms with Crippen LogP contribution < -0.4 is 10.6 Å². The molecule has 0 bridgehead atoms. The average molecular weight is 296 g/mol. The number of carbonyl (C=O) groups is 2. The van der Waals surface area contributed by atoms with Crippen molar-refractivity contribution < 1.29 is 14.7 Å². The van der Waals surface area contributed by atoms with Crippen LogP contribution in [0, 0.1) is 5.41 Å². The van der Waals surface area contributed by atoms with Crippen molar-refractivity contribution in [3.05, 3.63) is 0 Å². The summed E-state index contributed by atoms with van der Waals surface area (Å²) in [5.41, 5.74) is -0.305. The summed E-state index contributed by atoms with van der Waals surface area (Å²) < 4.78 is 0. The summed E-state index contributed by atoms with van der Waals surface area (Å²) in [6.07, 6.45) is 9.00. The molecular weight excluding hydrogens is 268 g/mol. The van der Waals surface area contributed by atoms with Crippen LogP contribution in [-0.4, -0.2) is 36.1 Å². The number of hydrogen-bond acceptors (Lipinski definition) is 3. The molecule has 2 aliphatic rings. The molecule has 2 aliphatic carbocycles. The lowest BCUT2D eigenvalue weighted by Crippen LogP contribution is -2.36. The first-order valence-corrected chi connectivity index (χ1v) is 8.32. The van der Waals surface area contributed by atoms with Gasteiger partial charge in [-0.2, -0.15) is 0 Å². The van der Waals surface area contributed by atoms with Gasteiger partial charge in [0.15, 0.2) is 0 Å². The fourth-order valence-electron chi connectivity index (χ4n) is 3.35. The highest BCUT2D eigenvalue weighted by Crippen LogP contribution is 2.42. The minimum Gasteiger partial charge on any atom is -0.481 e. The Morgan fingerprint density at radius 3 is 2.38 bits per heavy atom. The maximum atomic E-state index is 12.1. The zero-order valence-corrected chi connectivity index (χ0v) is 12.8. The molecule has 120 valence electrons. The molecule has 3 N–H and O–H groups in total. The van der Waals surface area contributed by atoms with Crippen molar-refractivity contribution in [2.24, 2.45) is 5.41 Å². The van der Waals surface area contributed by atoms with Crippen molar-refractivity contribution in [2.75, 3.05) is 13.1 Å². The number of carboxylic acids is 1. The first-order chi connectivity index (χ1) is 10.1.